The fraction of sp³-hybridized carbons (Fsp3) is 0.900. The van der Waals surface area contributed by atoms with Gasteiger partial charge in [-0.3, -0.25) is 0 Å². The van der Waals surface area contributed by atoms with Gasteiger partial charge in [0.25, 0.3) is 0 Å². The molecule has 0 aliphatic carbocycles. The third kappa shape index (κ3) is 15.7. The largest absolute Gasteiger partial charge is 0.443 e. The topological polar surface area (TPSA) is 106 Å². The molecule has 0 aromatic heterocycles. The lowest BCUT2D eigenvalue weighted by Gasteiger charge is -2.28. The van der Waals surface area contributed by atoms with Crippen LogP contribution in [0.25, 0.3) is 0 Å². The maximum Gasteiger partial charge on any atom is 0.419 e. The lowest BCUT2D eigenvalue weighted by atomic mass is 10.2. The van der Waals surface area contributed by atoms with E-state index in [0.29, 0.717) is 13.0 Å². The monoisotopic (exact) mass is 402 g/mol. The first kappa shape index (κ1) is 26.6. The van der Waals surface area contributed by atoms with Crippen LogP contribution in [0, 0.1) is 0 Å². The molecular formula is C20H42N4O4. The molecule has 0 radical (unpaired) electrons. The highest BCUT2D eigenvalue weighted by molar-refractivity contribution is 5.88. The molecule has 166 valence electrons. The molecule has 0 aliphatic heterocycles. The van der Waals surface area contributed by atoms with Gasteiger partial charge in [0.1, 0.15) is 11.2 Å². The molecule has 0 heterocycles. The van der Waals surface area contributed by atoms with Gasteiger partial charge in [0, 0.05) is 6.54 Å². The van der Waals surface area contributed by atoms with Crippen LogP contribution < -0.4 is 16.4 Å². The zero-order chi connectivity index (χ0) is 21.6. The van der Waals surface area contributed by atoms with Crippen LogP contribution in [0.4, 0.5) is 9.59 Å². The second kappa shape index (κ2) is 13.7. The zero-order valence-electron chi connectivity index (χ0n) is 18.7. The van der Waals surface area contributed by atoms with Crippen molar-refractivity contribution in [2.24, 2.45) is 5.73 Å². The first-order valence-corrected chi connectivity index (χ1v) is 10.3. The van der Waals surface area contributed by atoms with Crippen molar-refractivity contribution >= 4 is 12.2 Å². The van der Waals surface area contributed by atoms with E-state index < -0.39 is 23.4 Å². The SMILES string of the molecule is CC(C)(C)OC(=O)N(CCCNCCCCNCCCN)C(=O)OC(C)(C)C. The highest BCUT2D eigenvalue weighted by atomic mass is 16.6. The van der Waals surface area contributed by atoms with E-state index in [1.54, 1.807) is 41.5 Å². The molecule has 4 N–H and O–H groups in total. The van der Waals surface area contributed by atoms with Crippen molar-refractivity contribution in [2.45, 2.75) is 78.4 Å². The third-order valence-electron chi connectivity index (χ3n) is 3.48. The summed E-state index contributed by atoms with van der Waals surface area (Å²) in [6.45, 7) is 15.2. The van der Waals surface area contributed by atoms with Gasteiger partial charge in [0.15, 0.2) is 0 Å². The minimum atomic E-state index is -0.676. The van der Waals surface area contributed by atoms with Gasteiger partial charge in [-0.25, -0.2) is 14.5 Å². The molecule has 0 bridgehead atoms. The predicted molar refractivity (Wildman–Crippen MR) is 112 cm³/mol. The Hall–Kier alpha value is -1.38. The number of unbranched alkanes of at least 4 members (excludes halogenated alkanes) is 1. The first-order valence-electron chi connectivity index (χ1n) is 10.3. The molecule has 0 saturated heterocycles. The van der Waals surface area contributed by atoms with E-state index in [1.807, 2.05) is 0 Å². The van der Waals surface area contributed by atoms with Crippen molar-refractivity contribution in [1.29, 1.82) is 0 Å². The van der Waals surface area contributed by atoms with Crippen LogP contribution >= 0.6 is 0 Å². The van der Waals surface area contributed by atoms with Gasteiger partial charge in [-0.15, -0.1) is 0 Å². The van der Waals surface area contributed by atoms with E-state index in [4.69, 9.17) is 15.2 Å². The maximum atomic E-state index is 12.4. The van der Waals surface area contributed by atoms with Crippen LogP contribution in [-0.4, -0.2) is 67.6 Å². The van der Waals surface area contributed by atoms with Crippen molar-refractivity contribution in [3.05, 3.63) is 0 Å². The predicted octanol–water partition coefficient (Wildman–Crippen LogP) is 2.86. The van der Waals surface area contributed by atoms with Gasteiger partial charge in [0.2, 0.25) is 0 Å². The molecule has 0 fully saturated rings. The first-order chi connectivity index (χ1) is 13.0. The van der Waals surface area contributed by atoms with Gasteiger partial charge < -0.3 is 25.8 Å². The standard InChI is InChI=1S/C20H42N4O4/c1-19(2,3)27-17(25)24(18(26)28-20(4,5)6)16-10-15-23-13-8-7-12-22-14-9-11-21/h22-23H,7-16,21H2,1-6H3. The summed E-state index contributed by atoms with van der Waals surface area (Å²) in [5.41, 5.74) is 4.10. The number of ether oxygens (including phenoxy) is 2. The van der Waals surface area contributed by atoms with Gasteiger partial charge in [0.05, 0.1) is 0 Å². The third-order valence-corrected chi connectivity index (χ3v) is 3.48. The molecule has 0 aliphatic rings. The summed E-state index contributed by atoms with van der Waals surface area (Å²) in [7, 11) is 0. The Labute approximate surface area is 170 Å². The summed E-state index contributed by atoms with van der Waals surface area (Å²) < 4.78 is 10.7. The Morgan fingerprint density at radius 2 is 1.14 bits per heavy atom. The summed E-state index contributed by atoms with van der Waals surface area (Å²) in [5, 5.41) is 6.69. The molecule has 0 unspecified atom stereocenters. The van der Waals surface area contributed by atoms with Crippen LogP contribution in [0.3, 0.4) is 0 Å². The average Bonchev–Trinajstić information content (AvgIpc) is 2.52. The molecule has 0 rings (SSSR count). The lowest BCUT2D eigenvalue weighted by molar-refractivity contribution is 0.00133. The van der Waals surface area contributed by atoms with Crippen molar-refractivity contribution in [2.75, 3.05) is 39.3 Å². The highest BCUT2D eigenvalue weighted by Gasteiger charge is 2.30. The van der Waals surface area contributed by atoms with Crippen LogP contribution in [0.1, 0.15) is 67.2 Å². The van der Waals surface area contributed by atoms with Gasteiger partial charge in [-0.1, -0.05) is 0 Å². The van der Waals surface area contributed by atoms with Gasteiger partial charge in [-0.2, -0.15) is 0 Å². The Balaban J connectivity index is 4.21. The van der Waals surface area contributed by atoms with Crippen LogP contribution in [0.15, 0.2) is 0 Å². The Morgan fingerprint density at radius 1 is 0.750 bits per heavy atom. The summed E-state index contributed by atoms with van der Waals surface area (Å²) in [6.07, 6.45) is 2.45. The van der Waals surface area contributed by atoms with Crippen molar-refractivity contribution in [1.82, 2.24) is 15.5 Å². The Kier molecular flexibility index (Phi) is 13.1. The smallest absolute Gasteiger partial charge is 0.419 e. The van der Waals surface area contributed by atoms with E-state index in [1.165, 1.54) is 0 Å². The zero-order valence-corrected chi connectivity index (χ0v) is 18.7. The van der Waals surface area contributed by atoms with E-state index in [9.17, 15) is 9.59 Å². The average molecular weight is 403 g/mol. The normalized spacial score (nSPS) is 12.0. The minimum Gasteiger partial charge on any atom is -0.443 e. The second-order valence-electron chi connectivity index (χ2n) is 8.82. The minimum absolute atomic E-state index is 0.247. The molecule has 8 nitrogen and oxygen atoms in total. The molecule has 2 amide bonds. The molecule has 0 aromatic carbocycles. The number of rotatable bonds is 12. The molecular weight excluding hydrogens is 360 g/mol. The number of nitrogens with zero attached hydrogens (tertiary/aromatic N) is 1. The number of hydrogen-bond acceptors (Lipinski definition) is 7. The Bertz CT molecular complexity index is 416. The molecule has 0 aromatic rings. The summed E-state index contributed by atoms with van der Waals surface area (Å²) in [5.74, 6) is 0. The molecule has 8 heteroatoms. The highest BCUT2D eigenvalue weighted by Crippen LogP contribution is 2.14. The fourth-order valence-electron chi connectivity index (χ4n) is 2.23. The van der Waals surface area contributed by atoms with Crippen LogP contribution in [0.5, 0.6) is 0 Å². The Morgan fingerprint density at radius 3 is 1.54 bits per heavy atom. The number of carbonyl (C=O) groups excluding carboxylic acids is 2. The van der Waals surface area contributed by atoms with E-state index in [2.05, 4.69) is 10.6 Å². The lowest BCUT2D eigenvalue weighted by Crippen LogP contribution is -2.44. The van der Waals surface area contributed by atoms with Gasteiger partial charge in [-0.05, 0) is 99.9 Å². The quantitative estimate of drug-likeness (QED) is 0.431. The van der Waals surface area contributed by atoms with Crippen molar-refractivity contribution in [3.8, 4) is 0 Å². The number of carbonyl (C=O) groups is 2. The van der Waals surface area contributed by atoms with Crippen LogP contribution in [-0.2, 0) is 9.47 Å². The number of hydrogen-bond donors (Lipinski definition) is 3. The number of nitrogens with two attached hydrogens (primary N) is 1. The van der Waals surface area contributed by atoms with E-state index in [0.717, 1.165) is 50.3 Å². The fourth-order valence-corrected chi connectivity index (χ4v) is 2.23. The summed E-state index contributed by atoms with van der Waals surface area (Å²) in [6, 6.07) is 0. The van der Waals surface area contributed by atoms with Crippen molar-refractivity contribution < 1.29 is 19.1 Å². The number of nitrogens with one attached hydrogen (secondary N) is 2. The van der Waals surface area contributed by atoms with E-state index in [-0.39, 0.29) is 6.54 Å². The maximum absolute atomic E-state index is 12.4. The summed E-state index contributed by atoms with van der Waals surface area (Å²) >= 11 is 0. The summed E-state index contributed by atoms with van der Waals surface area (Å²) in [4.78, 5) is 25.8. The van der Waals surface area contributed by atoms with E-state index >= 15 is 0 Å². The molecule has 28 heavy (non-hydrogen) atoms. The number of imide groups is 1. The van der Waals surface area contributed by atoms with Crippen molar-refractivity contribution in [3.63, 3.8) is 0 Å². The number of amides is 2. The van der Waals surface area contributed by atoms with Gasteiger partial charge >= 0.3 is 12.2 Å². The molecule has 0 atom stereocenters. The second-order valence-corrected chi connectivity index (χ2v) is 8.82. The van der Waals surface area contributed by atoms with Crippen LogP contribution in [0.2, 0.25) is 0 Å². The molecule has 0 saturated carbocycles. The molecule has 0 spiro atoms.